The van der Waals surface area contributed by atoms with Gasteiger partial charge in [-0.25, -0.2) is 4.68 Å². The molecule has 2 aromatic carbocycles. The molecule has 0 saturated carbocycles. The number of carbonyl (C=O) groups is 1. The summed E-state index contributed by atoms with van der Waals surface area (Å²) in [6, 6.07) is 14.8. The molecule has 0 saturated heterocycles. The van der Waals surface area contributed by atoms with E-state index >= 15 is 0 Å². The number of halogens is 1. The van der Waals surface area contributed by atoms with Crippen molar-refractivity contribution < 1.29 is 4.79 Å². The lowest BCUT2D eigenvalue weighted by Gasteiger charge is -2.28. The summed E-state index contributed by atoms with van der Waals surface area (Å²) in [6.07, 6.45) is 1.03. The third-order valence-electron chi connectivity index (χ3n) is 4.99. The zero-order valence-electron chi connectivity index (χ0n) is 17.6. The standard InChI is InChI=1S/C23H24ClN5OS/c1-4-12-31-23-27-22-25-15(3)19(21(30)26-18-10-8-14(2)9-11-18)20(29(22)28-23)16-6-5-7-17(24)13-16/h5-11,13,20H,4,12H2,1-3H3,(H,26,30)(H,25,27,28). The molecule has 6 nitrogen and oxygen atoms in total. The number of allylic oxidation sites excluding steroid dienone is 1. The normalized spacial score (nSPS) is 15.4. The van der Waals surface area contributed by atoms with Crippen molar-refractivity contribution in [3.05, 3.63) is 76.0 Å². The Balaban J connectivity index is 1.75. The topological polar surface area (TPSA) is 71.8 Å². The minimum atomic E-state index is -0.441. The summed E-state index contributed by atoms with van der Waals surface area (Å²) < 4.78 is 1.78. The first-order valence-electron chi connectivity index (χ1n) is 10.2. The van der Waals surface area contributed by atoms with Gasteiger partial charge >= 0.3 is 0 Å². The summed E-state index contributed by atoms with van der Waals surface area (Å²) in [5.41, 5.74) is 4.06. The van der Waals surface area contributed by atoms with Gasteiger partial charge in [-0.3, -0.25) is 4.79 Å². The minimum Gasteiger partial charge on any atom is -0.328 e. The number of carbonyl (C=O) groups excluding carboxylic acids is 1. The quantitative estimate of drug-likeness (QED) is 0.470. The van der Waals surface area contributed by atoms with Crippen LogP contribution in [0.5, 0.6) is 0 Å². The number of thioether (sulfide) groups is 1. The van der Waals surface area contributed by atoms with E-state index in [9.17, 15) is 4.79 Å². The number of fused-ring (bicyclic) bond motifs is 1. The van der Waals surface area contributed by atoms with E-state index in [4.69, 9.17) is 16.7 Å². The summed E-state index contributed by atoms with van der Waals surface area (Å²) in [7, 11) is 0. The van der Waals surface area contributed by atoms with Gasteiger partial charge < -0.3 is 10.6 Å². The van der Waals surface area contributed by atoms with E-state index in [0.29, 0.717) is 21.7 Å². The fourth-order valence-electron chi connectivity index (χ4n) is 3.50. The molecule has 1 aliphatic heterocycles. The summed E-state index contributed by atoms with van der Waals surface area (Å²) in [4.78, 5) is 18.0. The minimum absolute atomic E-state index is 0.192. The van der Waals surface area contributed by atoms with Crippen LogP contribution in [0.25, 0.3) is 0 Å². The van der Waals surface area contributed by atoms with Crippen molar-refractivity contribution in [3.8, 4) is 0 Å². The van der Waals surface area contributed by atoms with Crippen molar-refractivity contribution in [1.29, 1.82) is 0 Å². The average Bonchev–Trinajstić information content (AvgIpc) is 3.15. The first-order valence-corrected chi connectivity index (χ1v) is 11.5. The van der Waals surface area contributed by atoms with E-state index in [2.05, 4.69) is 22.5 Å². The van der Waals surface area contributed by atoms with Crippen LogP contribution in [0.15, 0.2) is 65.0 Å². The summed E-state index contributed by atoms with van der Waals surface area (Å²) >= 11 is 7.89. The van der Waals surface area contributed by atoms with E-state index in [0.717, 1.165) is 34.7 Å². The number of aryl methyl sites for hydroxylation is 1. The van der Waals surface area contributed by atoms with Crippen LogP contribution < -0.4 is 10.6 Å². The predicted octanol–water partition coefficient (Wildman–Crippen LogP) is 5.67. The Morgan fingerprint density at radius 3 is 2.71 bits per heavy atom. The average molecular weight is 454 g/mol. The molecule has 0 radical (unpaired) electrons. The molecule has 2 heterocycles. The Bertz CT molecular complexity index is 1140. The monoisotopic (exact) mass is 453 g/mol. The number of anilines is 2. The fourth-order valence-corrected chi connectivity index (χ4v) is 4.38. The van der Waals surface area contributed by atoms with Crippen molar-refractivity contribution in [2.75, 3.05) is 16.4 Å². The van der Waals surface area contributed by atoms with Crippen molar-refractivity contribution >= 4 is 40.9 Å². The van der Waals surface area contributed by atoms with Crippen LogP contribution in [0.1, 0.15) is 37.4 Å². The Morgan fingerprint density at radius 2 is 2.00 bits per heavy atom. The zero-order valence-corrected chi connectivity index (χ0v) is 19.2. The smallest absolute Gasteiger partial charge is 0.255 e. The van der Waals surface area contributed by atoms with Gasteiger partial charge in [-0.05, 0) is 50.1 Å². The molecule has 1 aliphatic rings. The van der Waals surface area contributed by atoms with Crippen LogP contribution in [0, 0.1) is 6.92 Å². The maximum absolute atomic E-state index is 13.4. The Kier molecular flexibility index (Phi) is 6.34. The second-order valence-corrected chi connectivity index (χ2v) is 8.95. The third-order valence-corrected chi connectivity index (χ3v) is 6.27. The molecule has 1 atom stereocenters. The molecule has 4 rings (SSSR count). The van der Waals surface area contributed by atoms with Crippen LogP contribution in [0.3, 0.4) is 0 Å². The predicted molar refractivity (Wildman–Crippen MR) is 127 cm³/mol. The zero-order chi connectivity index (χ0) is 22.0. The SMILES string of the molecule is CCCSc1nc2n(n1)C(c1cccc(Cl)c1)C(C(=O)Nc1ccc(C)cc1)=C(C)N2. The summed E-state index contributed by atoms with van der Waals surface area (Å²) in [5.74, 6) is 1.36. The summed E-state index contributed by atoms with van der Waals surface area (Å²) in [6.45, 7) is 6.02. The lowest BCUT2D eigenvalue weighted by atomic mass is 9.95. The van der Waals surface area contributed by atoms with Crippen LogP contribution in [0.4, 0.5) is 11.6 Å². The maximum atomic E-state index is 13.4. The van der Waals surface area contributed by atoms with Gasteiger partial charge in [0.1, 0.15) is 6.04 Å². The lowest BCUT2D eigenvalue weighted by molar-refractivity contribution is -0.113. The molecule has 31 heavy (non-hydrogen) atoms. The van der Waals surface area contributed by atoms with Gasteiger partial charge in [0.25, 0.3) is 5.91 Å². The maximum Gasteiger partial charge on any atom is 0.255 e. The van der Waals surface area contributed by atoms with Gasteiger partial charge in [0, 0.05) is 22.2 Å². The van der Waals surface area contributed by atoms with Gasteiger partial charge in [-0.1, -0.05) is 60.1 Å². The van der Waals surface area contributed by atoms with Crippen molar-refractivity contribution in [3.63, 3.8) is 0 Å². The third kappa shape index (κ3) is 4.62. The first-order chi connectivity index (χ1) is 15.0. The highest BCUT2D eigenvalue weighted by Gasteiger charge is 2.34. The van der Waals surface area contributed by atoms with E-state index < -0.39 is 6.04 Å². The van der Waals surface area contributed by atoms with Gasteiger partial charge in [-0.15, -0.1) is 5.10 Å². The highest BCUT2D eigenvalue weighted by Crippen LogP contribution is 2.37. The van der Waals surface area contributed by atoms with Gasteiger partial charge in [0.2, 0.25) is 11.1 Å². The number of aromatic nitrogens is 3. The lowest BCUT2D eigenvalue weighted by Crippen LogP contribution is -2.31. The number of nitrogens with zero attached hydrogens (tertiary/aromatic N) is 3. The van der Waals surface area contributed by atoms with Crippen LogP contribution in [-0.2, 0) is 4.79 Å². The molecular weight excluding hydrogens is 430 g/mol. The molecule has 0 fully saturated rings. The van der Waals surface area contributed by atoms with Crippen LogP contribution in [-0.4, -0.2) is 26.4 Å². The molecule has 1 aromatic heterocycles. The fraction of sp³-hybridized carbons (Fsp3) is 0.261. The second kappa shape index (κ2) is 9.16. The number of hydrogen-bond donors (Lipinski definition) is 2. The Hall–Kier alpha value is -2.77. The van der Waals surface area contributed by atoms with Gasteiger partial charge in [-0.2, -0.15) is 4.98 Å². The largest absolute Gasteiger partial charge is 0.328 e. The molecule has 8 heteroatoms. The molecule has 1 unspecified atom stereocenters. The van der Waals surface area contributed by atoms with Crippen molar-refractivity contribution in [2.45, 2.75) is 38.4 Å². The molecule has 0 spiro atoms. The number of benzene rings is 2. The van der Waals surface area contributed by atoms with Crippen molar-refractivity contribution in [2.24, 2.45) is 0 Å². The highest BCUT2D eigenvalue weighted by atomic mass is 35.5. The molecular formula is C23H24ClN5OS. The molecule has 2 N–H and O–H groups in total. The Labute approximate surface area is 191 Å². The van der Waals surface area contributed by atoms with Crippen LogP contribution in [0.2, 0.25) is 5.02 Å². The first kappa shape index (κ1) is 21.5. The molecule has 0 aliphatic carbocycles. The highest BCUT2D eigenvalue weighted by molar-refractivity contribution is 7.99. The van der Waals surface area contributed by atoms with E-state index in [-0.39, 0.29) is 5.91 Å². The molecule has 160 valence electrons. The molecule has 3 aromatic rings. The molecule has 1 amide bonds. The van der Waals surface area contributed by atoms with E-state index in [1.165, 1.54) is 0 Å². The Morgan fingerprint density at radius 1 is 1.23 bits per heavy atom. The second-order valence-electron chi connectivity index (χ2n) is 7.45. The van der Waals surface area contributed by atoms with Crippen LogP contribution >= 0.6 is 23.4 Å². The van der Waals surface area contributed by atoms with E-state index in [1.54, 1.807) is 16.4 Å². The van der Waals surface area contributed by atoms with Gasteiger partial charge in [0.15, 0.2) is 0 Å². The molecule has 0 bridgehead atoms. The number of rotatable bonds is 6. The number of nitrogens with one attached hydrogen (secondary N) is 2. The van der Waals surface area contributed by atoms with Crippen molar-refractivity contribution in [1.82, 2.24) is 14.8 Å². The van der Waals surface area contributed by atoms with E-state index in [1.807, 2.05) is 62.4 Å². The van der Waals surface area contributed by atoms with Gasteiger partial charge in [0.05, 0.1) is 5.57 Å². The number of amides is 1. The number of hydrogen-bond acceptors (Lipinski definition) is 5. The summed E-state index contributed by atoms with van der Waals surface area (Å²) in [5, 5.41) is 12.3.